The average Bonchev–Trinajstić information content (AvgIpc) is 2.77. The Bertz CT molecular complexity index is 486. The molecule has 0 aromatic heterocycles. The number of carbonyl (C=O) groups is 1. The molecule has 1 aliphatic heterocycles. The zero-order chi connectivity index (χ0) is 15.4. The van der Waals surface area contributed by atoms with Gasteiger partial charge in [-0.1, -0.05) is 51.0 Å². The van der Waals surface area contributed by atoms with E-state index >= 15 is 0 Å². The van der Waals surface area contributed by atoms with Gasteiger partial charge in [0.25, 0.3) is 0 Å². The molecule has 0 spiro atoms. The maximum absolute atomic E-state index is 12.8. The molecule has 116 valence electrons. The molecule has 1 aromatic rings. The predicted octanol–water partition coefficient (Wildman–Crippen LogP) is 3.78. The highest BCUT2D eigenvalue weighted by atomic mass is 16.2. The fourth-order valence-corrected chi connectivity index (χ4v) is 3.31. The van der Waals surface area contributed by atoms with Crippen molar-refractivity contribution in [2.24, 2.45) is 0 Å². The van der Waals surface area contributed by atoms with Gasteiger partial charge in [-0.25, -0.2) is 0 Å². The number of hydrogen-bond donors (Lipinski definition) is 1. The molecule has 0 radical (unpaired) electrons. The highest BCUT2D eigenvalue weighted by Crippen LogP contribution is 2.31. The Morgan fingerprint density at radius 1 is 1.24 bits per heavy atom. The van der Waals surface area contributed by atoms with Gasteiger partial charge in [0.05, 0.1) is 6.04 Å². The van der Waals surface area contributed by atoms with E-state index in [0.717, 1.165) is 25.7 Å². The van der Waals surface area contributed by atoms with Gasteiger partial charge in [-0.15, -0.1) is 0 Å². The lowest BCUT2D eigenvalue weighted by Crippen LogP contribution is -2.38. The first kappa shape index (κ1) is 16.0. The summed E-state index contributed by atoms with van der Waals surface area (Å²) in [7, 11) is 0. The third-order valence-electron chi connectivity index (χ3n) is 4.43. The minimum absolute atomic E-state index is 0.0248. The molecule has 3 heteroatoms. The van der Waals surface area contributed by atoms with Crippen LogP contribution in [0, 0.1) is 6.92 Å². The van der Waals surface area contributed by atoms with Crippen molar-refractivity contribution in [3.05, 3.63) is 35.4 Å². The standard InChI is InChI=1S/C18H28N2O/c1-5-9-14(4)20-17(15-12-8-7-11-13(15)3)19-16(10-6-2)18(20)21/h7-8,11-12,14,16-17,19H,5-6,9-10H2,1-4H3. The summed E-state index contributed by atoms with van der Waals surface area (Å²) in [5.74, 6) is 0.269. The quantitative estimate of drug-likeness (QED) is 0.864. The molecule has 0 saturated carbocycles. The molecule has 1 aliphatic rings. The number of amides is 1. The lowest BCUT2D eigenvalue weighted by molar-refractivity contribution is -0.132. The van der Waals surface area contributed by atoms with Crippen molar-refractivity contribution in [3.8, 4) is 0 Å². The van der Waals surface area contributed by atoms with E-state index in [1.807, 2.05) is 0 Å². The van der Waals surface area contributed by atoms with Crippen LogP contribution in [0.3, 0.4) is 0 Å². The van der Waals surface area contributed by atoms with Crippen molar-refractivity contribution in [1.82, 2.24) is 10.2 Å². The molecule has 1 fully saturated rings. The molecular weight excluding hydrogens is 260 g/mol. The smallest absolute Gasteiger partial charge is 0.241 e. The third kappa shape index (κ3) is 3.29. The number of hydrogen-bond acceptors (Lipinski definition) is 2. The number of nitrogens with one attached hydrogen (secondary N) is 1. The molecule has 1 amide bonds. The summed E-state index contributed by atoms with van der Waals surface area (Å²) < 4.78 is 0. The molecule has 3 unspecified atom stereocenters. The van der Waals surface area contributed by atoms with Gasteiger partial charge in [-0.3, -0.25) is 10.1 Å². The van der Waals surface area contributed by atoms with E-state index < -0.39 is 0 Å². The summed E-state index contributed by atoms with van der Waals surface area (Å²) in [6.45, 7) is 8.60. The fraction of sp³-hybridized carbons (Fsp3) is 0.611. The van der Waals surface area contributed by atoms with E-state index in [2.05, 4.69) is 62.2 Å². The largest absolute Gasteiger partial charge is 0.319 e. The van der Waals surface area contributed by atoms with Crippen LogP contribution in [0.25, 0.3) is 0 Å². The first-order chi connectivity index (χ1) is 10.1. The molecule has 3 nitrogen and oxygen atoms in total. The summed E-state index contributed by atoms with van der Waals surface area (Å²) in [5, 5.41) is 3.56. The first-order valence-corrected chi connectivity index (χ1v) is 8.23. The molecule has 2 rings (SSSR count). The Balaban J connectivity index is 2.32. The molecule has 1 N–H and O–H groups in total. The molecule has 21 heavy (non-hydrogen) atoms. The molecule has 0 aliphatic carbocycles. The Kier molecular flexibility index (Phi) is 5.40. The predicted molar refractivity (Wildman–Crippen MR) is 87.0 cm³/mol. The summed E-state index contributed by atoms with van der Waals surface area (Å²) >= 11 is 0. The number of benzene rings is 1. The minimum atomic E-state index is -0.0288. The lowest BCUT2D eigenvalue weighted by atomic mass is 10.0. The molecule has 1 saturated heterocycles. The van der Waals surface area contributed by atoms with Gasteiger partial charge < -0.3 is 4.90 Å². The number of nitrogens with zero attached hydrogens (tertiary/aromatic N) is 1. The Hall–Kier alpha value is -1.35. The van der Waals surface area contributed by atoms with Gasteiger partial charge in [-0.05, 0) is 37.8 Å². The topological polar surface area (TPSA) is 32.3 Å². The molecule has 0 bridgehead atoms. The van der Waals surface area contributed by atoms with Crippen LogP contribution >= 0.6 is 0 Å². The molecular formula is C18H28N2O. The SMILES string of the molecule is CCCC1NC(c2ccccc2C)N(C(C)CCC)C1=O. The van der Waals surface area contributed by atoms with Crippen LogP contribution in [0.5, 0.6) is 0 Å². The van der Waals surface area contributed by atoms with Crippen LogP contribution in [0.2, 0.25) is 0 Å². The number of rotatable bonds is 6. The monoisotopic (exact) mass is 288 g/mol. The Morgan fingerprint density at radius 3 is 2.57 bits per heavy atom. The second-order valence-electron chi connectivity index (χ2n) is 6.15. The van der Waals surface area contributed by atoms with Crippen molar-refractivity contribution in [3.63, 3.8) is 0 Å². The minimum Gasteiger partial charge on any atom is -0.319 e. The fourth-order valence-electron chi connectivity index (χ4n) is 3.31. The molecule has 3 atom stereocenters. The van der Waals surface area contributed by atoms with Gasteiger partial charge in [-0.2, -0.15) is 0 Å². The summed E-state index contributed by atoms with van der Waals surface area (Å²) in [6, 6.07) is 8.63. The van der Waals surface area contributed by atoms with Crippen LogP contribution in [0.1, 0.15) is 63.7 Å². The normalized spacial score (nSPS) is 23.6. The van der Waals surface area contributed by atoms with Crippen LogP contribution < -0.4 is 5.32 Å². The van der Waals surface area contributed by atoms with E-state index in [9.17, 15) is 4.79 Å². The van der Waals surface area contributed by atoms with Crippen molar-refractivity contribution in [2.75, 3.05) is 0 Å². The third-order valence-corrected chi connectivity index (χ3v) is 4.43. The van der Waals surface area contributed by atoms with Gasteiger partial charge in [0, 0.05) is 6.04 Å². The van der Waals surface area contributed by atoms with Crippen molar-refractivity contribution in [2.45, 2.75) is 71.6 Å². The van der Waals surface area contributed by atoms with E-state index in [4.69, 9.17) is 0 Å². The van der Waals surface area contributed by atoms with Crippen molar-refractivity contribution in [1.29, 1.82) is 0 Å². The van der Waals surface area contributed by atoms with E-state index in [1.165, 1.54) is 11.1 Å². The highest BCUT2D eigenvalue weighted by Gasteiger charge is 2.41. The second kappa shape index (κ2) is 7.08. The van der Waals surface area contributed by atoms with Crippen LogP contribution in [0.4, 0.5) is 0 Å². The summed E-state index contributed by atoms with van der Waals surface area (Å²) in [5.41, 5.74) is 2.47. The van der Waals surface area contributed by atoms with E-state index in [1.54, 1.807) is 0 Å². The van der Waals surface area contributed by atoms with E-state index in [-0.39, 0.29) is 24.2 Å². The highest BCUT2D eigenvalue weighted by molar-refractivity contribution is 5.85. The summed E-state index contributed by atoms with van der Waals surface area (Å²) in [6.07, 6.45) is 4.12. The lowest BCUT2D eigenvalue weighted by Gasteiger charge is -2.31. The van der Waals surface area contributed by atoms with Crippen LogP contribution in [0.15, 0.2) is 24.3 Å². The zero-order valence-corrected chi connectivity index (χ0v) is 13.7. The van der Waals surface area contributed by atoms with Crippen molar-refractivity contribution < 1.29 is 4.79 Å². The van der Waals surface area contributed by atoms with Gasteiger partial charge in [0.15, 0.2) is 0 Å². The van der Waals surface area contributed by atoms with Crippen LogP contribution in [-0.2, 0) is 4.79 Å². The van der Waals surface area contributed by atoms with E-state index in [0.29, 0.717) is 0 Å². The summed E-state index contributed by atoms with van der Waals surface area (Å²) in [4.78, 5) is 14.8. The number of carbonyl (C=O) groups excluding carboxylic acids is 1. The molecule has 1 heterocycles. The average molecular weight is 288 g/mol. The van der Waals surface area contributed by atoms with Gasteiger partial charge in [0.2, 0.25) is 5.91 Å². The maximum Gasteiger partial charge on any atom is 0.241 e. The maximum atomic E-state index is 12.8. The van der Waals surface area contributed by atoms with Crippen molar-refractivity contribution >= 4 is 5.91 Å². The molecule has 1 aromatic carbocycles. The van der Waals surface area contributed by atoms with Crippen LogP contribution in [-0.4, -0.2) is 22.9 Å². The Morgan fingerprint density at radius 2 is 1.95 bits per heavy atom. The van der Waals surface area contributed by atoms with Gasteiger partial charge in [0.1, 0.15) is 6.17 Å². The zero-order valence-electron chi connectivity index (χ0n) is 13.7. The van der Waals surface area contributed by atoms with Gasteiger partial charge >= 0.3 is 0 Å². The number of aryl methyl sites for hydroxylation is 1. The first-order valence-electron chi connectivity index (χ1n) is 8.23. The second-order valence-corrected chi connectivity index (χ2v) is 6.15. The Labute approximate surface area is 128 Å².